The zero-order valence-corrected chi connectivity index (χ0v) is 17.8. The fourth-order valence-corrected chi connectivity index (χ4v) is 3.31. The van der Waals surface area contributed by atoms with Crippen molar-refractivity contribution < 1.29 is 32.2 Å². The minimum Gasteiger partial charge on any atom is -0.472 e. The van der Waals surface area contributed by atoms with E-state index in [0.29, 0.717) is 10.6 Å². The largest absolute Gasteiger partial charge is 0.472 e. The number of hydrogen-bond acceptors (Lipinski definition) is 4. The monoisotopic (exact) mass is 515 g/mol. The number of halogens is 5. The van der Waals surface area contributed by atoms with Crippen LogP contribution in [0.15, 0.2) is 39.6 Å². The topological polar surface area (TPSA) is 93.5 Å². The number of rotatable bonds is 6. The van der Waals surface area contributed by atoms with Crippen molar-refractivity contribution in [1.82, 2.24) is 14.9 Å². The number of amides is 1. The summed E-state index contributed by atoms with van der Waals surface area (Å²) in [6, 6.07) is 4.63. The van der Waals surface area contributed by atoms with Crippen molar-refractivity contribution in [2.24, 2.45) is 0 Å². The van der Waals surface area contributed by atoms with Gasteiger partial charge in [0.2, 0.25) is 5.88 Å². The van der Waals surface area contributed by atoms with Crippen LogP contribution < -0.4 is 15.6 Å². The third kappa shape index (κ3) is 4.74. The summed E-state index contributed by atoms with van der Waals surface area (Å²) in [6.45, 7) is 0.378. The maximum absolute atomic E-state index is 14.3. The summed E-state index contributed by atoms with van der Waals surface area (Å²) >= 11 is 2.97. The molecular weight excluding hydrogens is 502 g/mol. The quantitative estimate of drug-likeness (QED) is 0.479. The van der Waals surface area contributed by atoms with Crippen LogP contribution in [-0.4, -0.2) is 20.8 Å². The molecule has 0 spiro atoms. The summed E-state index contributed by atoms with van der Waals surface area (Å²) in [4.78, 5) is 27.5. The van der Waals surface area contributed by atoms with Gasteiger partial charge < -0.3 is 15.2 Å². The van der Waals surface area contributed by atoms with Crippen molar-refractivity contribution in [2.45, 2.75) is 20.1 Å². The van der Waals surface area contributed by atoms with Gasteiger partial charge in [-0.2, -0.15) is 4.98 Å². The van der Waals surface area contributed by atoms with Crippen LogP contribution in [0.3, 0.4) is 0 Å². The summed E-state index contributed by atoms with van der Waals surface area (Å²) in [5.41, 5.74) is -1.71. The van der Waals surface area contributed by atoms with Crippen LogP contribution in [0, 0.1) is 30.2 Å². The third-order valence-corrected chi connectivity index (χ3v) is 5.04. The lowest BCUT2D eigenvalue weighted by Gasteiger charge is -2.16. The molecule has 0 bridgehead atoms. The van der Waals surface area contributed by atoms with Gasteiger partial charge in [0.05, 0.1) is 0 Å². The summed E-state index contributed by atoms with van der Waals surface area (Å²) in [6.07, 6.45) is -1.40. The van der Waals surface area contributed by atoms with Crippen LogP contribution in [0.1, 0.15) is 17.0 Å². The molecule has 0 unspecified atom stereocenters. The molecule has 32 heavy (non-hydrogen) atoms. The zero-order chi connectivity index (χ0) is 23.6. The first-order valence-corrected chi connectivity index (χ1v) is 9.69. The molecular formula is C20H14BrF4N3O4. The van der Waals surface area contributed by atoms with Crippen molar-refractivity contribution in [3.8, 4) is 11.6 Å². The zero-order valence-electron chi connectivity index (χ0n) is 16.3. The number of aryl methyl sites for hydroxylation is 1. The van der Waals surface area contributed by atoms with E-state index < -0.39 is 53.8 Å². The van der Waals surface area contributed by atoms with Gasteiger partial charge in [-0.15, -0.1) is 0 Å². The average Bonchev–Trinajstić information content (AvgIpc) is 2.71. The smallest absolute Gasteiger partial charge is 0.404 e. The Bertz CT molecular complexity index is 1250. The van der Waals surface area contributed by atoms with Crippen molar-refractivity contribution >= 4 is 22.0 Å². The normalized spacial score (nSPS) is 10.8. The van der Waals surface area contributed by atoms with Crippen LogP contribution in [0.5, 0.6) is 5.88 Å². The summed E-state index contributed by atoms with van der Waals surface area (Å²) in [5.74, 6) is -4.31. The fraction of sp³-hybridized carbons (Fsp3) is 0.150. The molecule has 1 aromatic heterocycles. The van der Waals surface area contributed by atoms with Gasteiger partial charge in [-0.05, 0) is 46.6 Å². The van der Waals surface area contributed by atoms with Gasteiger partial charge in [0.15, 0.2) is 0 Å². The molecule has 0 atom stereocenters. The summed E-state index contributed by atoms with van der Waals surface area (Å²) in [5, 5.41) is 10.7. The van der Waals surface area contributed by atoms with E-state index in [1.807, 2.05) is 5.32 Å². The van der Waals surface area contributed by atoms with Crippen LogP contribution >= 0.6 is 15.9 Å². The number of nitrogens with zero attached hydrogens (tertiary/aromatic N) is 2. The SMILES string of the molecule is Cc1nc(OCc2c(F)cc(F)cc2CNC(=O)O)c(Br)c(=O)n1-c1c(F)cccc1F. The Balaban J connectivity index is 1.97. The van der Waals surface area contributed by atoms with E-state index in [2.05, 4.69) is 20.9 Å². The second-order valence-corrected chi connectivity index (χ2v) is 7.25. The number of aromatic nitrogens is 2. The van der Waals surface area contributed by atoms with Gasteiger partial charge in [-0.25, -0.2) is 22.4 Å². The van der Waals surface area contributed by atoms with Gasteiger partial charge in [-0.1, -0.05) is 6.07 Å². The second-order valence-electron chi connectivity index (χ2n) is 6.46. The molecule has 0 aliphatic heterocycles. The first-order valence-electron chi connectivity index (χ1n) is 8.90. The minimum atomic E-state index is -1.40. The van der Waals surface area contributed by atoms with Gasteiger partial charge in [0.25, 0.3) is 5.56 Å². The van der Waals surface area contributed by atoms with Crippen LogP contribution in [0.4, 0.5) is 22.4 Å². The first kappa shape index (κ1) is 23.3. The standard InChI is InChI=1S/C20H14BrF4N3O4/c1-9-27-18(16(21)19(29)28(9)17-13(23)3-2-4-14(17)24)32-8-12-10(7-26-20(30)31)5-11(22)6-15(12)25/h2-6,26H,7-8H2,1H3,(H,30,31). The van der Waals surface area contributed by atoms with E-state index in [1.165, 1.54) is 6.92 Å². The second kappa shape index (κ2) is 9.39. The average molecular weight is 516 g/mol. The van der Waals surface area contributed by atoms with Gasteiger partial charge in [-0.3, -0.25) is 9.36 Å². The van der Waals surface area contributed by atoms with Crippen molar-refractivity contribution in [2.75, 3.05) is 0 Å². The predicted molar refractivity (Wildman–Crippen MR) is 108 cm³/mol. The number of benzene rings is 2. The number of ether oxygens (including phenoxy) is 1. The van der Waals surface area contributed by atoms with E-state index in [-0.39, 0.29) is 27.3 Å². The molecule has 3 rings (SSSR count). The van der Waals surface area contributed by atoms with Crippen molar-refractivity contribution in [3.63, 3.8) is 0 Å². The summed E-state index contributed by atoms with van der Waals surface area (Å²) in [7, 11) is 0. The molecule has 1 amide bonds. The van der Waals surface area contributed by atoms with Gasteiger partial charge in [0.1, 0.15) is 45.9 Å². The molecule has 0 fully saturated rings. The Morgan fingerprint density at radius 1 is 1.19 bits per heavy atom. The minimum absolute atomic E-state index is 0.0282. The predicted octanol–water partition coefficient (Wildman–Crippen LogP) is 4.21. The molecule has 3 aromatic rings. The Morgan fingerprint density at radius 3 is 2.47 bits per heavy atom. The van der Waals surface area contributed by atoms with E-state index >= 15 is 0 Å². The summed E-state index contributed by atoms with van der Waals surface area (Å²) < 4.78 is 62.0. The Morgan fingerprint density at radius 2 is 1.84 bits per heavy atom. The lowest BCUT2D eigenvalue weighted by Crippen LogP contribution is -2.26. The van der Waals surface area contributed by atoms with Crippen LogP contribution in [0.2, 0.25) is 0 Å². The Labute approximate surface area is 186 Å². The number of carbonyl (C=O) groups is 1. The number of carboxylic acid groups (broad SMARTS) is 1. The highest BCUT2D eigenvalue weighted by Crippen LogP contribution is 2.25. The maximum Gasteiger partial charge on any atom is 0.404 e. The number of nitrogens with one attached hydrogen (secondary N) is 1. The van der Waals surface area contributed by atoms with E-state index in [1.54, 1.807) is 0 Å². The molecule has 7 nitrogen and oxygen atoms in total. The van der Waals surface area contributed by atoms with Gasteiger partial charge in [0, 0.05) is 18.2 Å². The highest BCUT2D eigenvalue weighted by molar-refractivity contribution is 9.10. The van der Waals surface area contributed by atoms with Crippen LogP contribution in [-0.2, 0) is 13.2 Å². The van der Waals surface area contributed by atoms with E-state index in [4.69, 9.17) is 9.84 Å². The number of para-hydroxylation sites is 1. The molecule has 168 valence electrons. The lowest BCUT2D eigenvalue weighted by molar-refractivity contribution is 0.193. The fourth-order valence-electron chi connectivity index (χ4n) is 2.93. The van der Waals surface area contributed by atoms with Crippen LogP contribution in [0.25, 0.3) is 5.69 Å². The molecule has 0 aliphatic rings. The molecule has 1 heterocycles. The first-order chi connectivity index (χ1) is 15.1. The highest BCUT2D eigenvalue weighted by Gasteiger charge is 2.21. The lowest BCUT2D eigenvalue weighted by atomic mass is 10.1. The molecule has 2 aromatic carbocycles. The maximum atomic E-state index is 14.3. The molecule has 12 heteroatoms. The molecule has 0 saturated heterocycles. The molecule has 0 aliphatic carbocycles. The number of hydrogen-bond donors (Lipinski definition) is 2. The highest BCUT2D eigenvalue weighted by atomic mass is 79.9. The molecule has 0 saturated carbocycles. The van der Waals surface area contributed by atoms with E-state index in [9.17, 15) is 27.2 Å². The molecule has 2 N–H and O–H groups in total. The Hall–Kier alpha value is -3.41. The third-order valence-electron chi connectivity index (χ3n) is 4.36. The van der Waals surface area contributed by atoms with Crippen molar-refractivity contribution in [3.05, 3.63) is 85.4 Å². The van der Waals surface area contributed by atoms with Crippen molar-refractivity contribution in [1.29, 1.82) is 0 Å². The molecule has 0 radical (unpaired) electrons. The Kier molecular flexibility index (Phi) is 6.82. The van der Waals surface area contributed by atoms with Gasteiger partial charge >= 0.3 is 6.09 Å². The van der Waals surface area contributed by atoms with E-state index in [0.717, 1.165) is 24.3 Å².